The van der Waals surface area contributed by atoms with Crippen LogP contribution >= 0.6 is 0 Å². The Hall–Kier alpha value is -2.04. The Balaban J connectivity index is 2.16. The van der Waals surface area contributed by atoms with Gasteiger partial charge in [0.2, 0.25) is 0 Å². The number of hydrogen-bond donors (Lipinski definition) is 2. The Morgan fingerprint density at radius 1 is 0.692 bits per heavy atom. The third kappa shape index (κ3) is 6.36. The molecule has 2 aromatic rings. The third-order valence-electron chi connectivity index (χ3n) is 4.32. The summed E-state index contributed by atoms with van der Waals surface area (Å²) < 4.78 is 10.9. The molecule has 0 amide bonds. The molecule has 0 aliphatic rings. The van der Waals surface area contributed by atoms with E-state index in [4.69, 9.17) is 19.7 Å². The van der Waals surface area contributed by atoms with Crippen LogP contribution in [0.15, 0.2) is 48.5 Å². The van der Waals surface area contributed by atoms with E-state index in [-0.39, 0.29) is 13.2 Å². The molecule has 0 saturated carbocycles. The van der Waals surface area contributed by atoms with Gasteiger partial charge in [-0.15, -0.1) is 0 Å². The zero-order valence-corrected chi connectivity index (χ0v) is 15.7. The summed E-state index contributed by atoms with van der Waals surface area (Å²) in [6.45, 7) is 5.15. The minimum Gasteiger partial charge on any atom is -0.491 e. The topological polar surface area (TPSA) is 58.9 Å². The first kappa shape index (κ1) is 20.3. The molecule has 0 saturated heterocycles. The number of aliphatic hydroxyl groups is 2. The first-order chi connectivity index (χ1) is 12.6. The maximum atomic E-state index is 8.87. The average molecular weight is 358 g/mol. The molecule has 4 nitrogen and oxygen atoms in total. The molecule has 0 aromatic heterocycles. The Bertz CT molecular complexity index is 568. The summed E-state index contributed by atoms with van der Waals surface area (Å²) in [5.74, 6) is 2.52. The SMILES string of the molecule is CC(C)CCC(c1ccc(OCCO)cc1)c1ccc(OCCO)cc1. The summed E-state index contributed by atoms with van der Waals surface area (Å²) >= 11 is 0. The van der Waals surface area contributed by atoms with Crippen LogP contribution in [0.3, 0.4) is 0 Å². The van der Waals surface area contributed by atoms with Crippen molar-refractivity contribution in [3.05, 3.63) is 59.7 Å². The molecule has 4 heteroatoms. The maximum Gasteiger partial charge on any atom is 0.119 e. The second-order valence-electron chi connectivity index (χ2n) is 6.81. The van der Waals surface area contributed by atoms with Crippen LogP contribution in [0.5, 0.6) is 11.5 Å². The fourth-order valence-corrected chi connectivity index (χ4v) is 2.95. The van der Waals surface area contributed by atoms with Crippen molar-refractivity contribution in [2.45, 2.75) is 32.6 Å². The molecule has 0 heterocycles. The van der Waals surface area contributed by atoms with Gasteiger partial charge in [0.1, 0.15) is 24.7 Å². The highest BCUT2D eigenvalue weighted by molar-refractivity contribution is 5.38. The van der Waals surface area contributed by atoms with Gasteiger partial charge in [-0.25, -0.2) is 0 Å². The van der Waals surface area contributed by atoms with Crippen LogP contribution < -0.4 is 9.47 Å². The summed E-state index contributed by atoms with van der Waals surface area (Å²) in [7, 11) is 0. The van der Waals surface area contributed by atoms with Crippen molar-refractivity contribution in [3.8, 4) is 11.5 Å². The van der Waals surface area contributed by atoms with Crippen molar-refractivity contribution in [1.82, 2.24) is 0 Å². The number of ether oxygens (including phenoxy) is 2. The van der Waals surface area contributed by atoms with Crippen LogP contribution in [0.4, 0.5) is 0 Å². The van der Waals surface area contributed by atoms with Gasteiger partial charge in [-0.2, -0.15) is 0 Å². The predicted octanol–water partition coefficient (Wildman–Crippen LogP) is 4.00. The Labute approximate surface area is 156 Å². The summed E-state index contributed by atoms with van der Waals surface area (Å²) in [4.78, 5) is 0. The Kier molecular flexibility index (Phi) is 8.45. The molecular weight excluding hydrogens is 328 g/mol. The summed E-state index contributed by atoms with van der Waals surface area (Å²) in [6.07, 6.45) is 2.22. The van der Waals surface area contributed by atoms with E-state index in [1.54, 1.807) is 0 Å². The monoisotopic (exact) mass is 358 g/mol. The van der Waals surface area contributed by atoms with Crippen molar-refractivity contribution in [3.63, 3.8) is 0 Å². The van der Waals surface area contributed by atoms with Gasteiger partial charge in [0, 0.05) is 5.92 Å². The molecule has 2 N–H and O–H groups in total. The van der Waals surface area contributed by atoms with Crippen molar-refractivity contribution in [2.75, 3.05) is 26.4 Å². The largest absolute Gasteiger partial charge is 0.491 e. The van der Waals surface area contributed by atoms with Crippen molar-refractivity contribution in [1.29, 1.82) is 0 Å². The highest BCUT2D eigenvalue weighted by atomic mass is 16.5. The van der Waals surface area contributed by atoms with Crippen LogP contribution in [0.1, 0.15) is 43.7 Å². The molecule has 0 aliphatic heterocycles. The smallest absolute Gasteiger partial charge is 0.119 e. The van der Waals surface area contributed by atoms with E-state index in [9.17, 15) is 0 Å². The first-order valence-electron chi connectivity index (χ1n) is 9.31. The van der Waals surface area contributed by atoms with E-state index in [0.717, 1.165) is 24.3 Å². The molecular formula is C22H30O4. The fourth-order valence-electron chi connectivity index (χ4n) is 2.95. The van der Waals surface area contributed by atoms with E-state index in [1.165, 1.54) is 11.1 Å². The van der Waals surface area contributed by atoms with Crippen LogP contribution in [0, 0.1) is 5.92 Å². The second-order valence-corrected chi connectivity index (χ2v) is 6.81. The first-order valence-corrected chi connectivity index (χ1v) is 9.31. The van der Waals surface area contributed by atoms with Gasteiger partial charge in [0.25, 0.3) is 0 Å². The van der Waals surface area contributed by atoms with Crippen molar-refractivity contribution >= 4 is 0 Å². The minimum absolute atomic E-state index is 0.0173. The van der Waals surface area contributed by atoms with E-state index >= 15 is 0 Å². The molecule has 2 aromatic carbocycles. The second kappa shape index (κ2) is 10.8. The average Bonchev–Trinajstić information content (AvgIpc) is 2.66. The zero-order valence-electron chi connectivity index (χ0n) is 15.7. The molecule has 0 fully saturated rings. The van der Waals surface area contributed by atoms with E-state index in [2.05, 4.69) is 38.1 Å². The normalized spacial score (nSPS) is 11.2. The Morgan fingerprint density at radius 3 is 1.46 bits per heavy atom. The predicted molar refractivity (Wildman–Crippen MR) is 104 cm³/mol. The maximum absolute atomic E-state index is 8.87. The van der Waals surface area contributed by atoms with Gasteiger partial charge in [0.15, 0.2) is 0 Å². The zero-order chi connectivity index (χ0) is 18.8. The van der Waals surface area contributed by atoms with E-state index < -0.39 is 0 Å². The molecule has 0 radical (unpaired) electrons. The molecule has 0 unspecified atom stereocenters. The van der Waals surface area contributed by atoms with E-state index in [0.29, 0.717) is 25.0 Å². The van der Waals surface area contributed by atoms with Crippen LogP contribution in [0.2, 0.25) is 0 Å². The van der Waals surface area contributed by atoms with Crippen LogP contribution in [-0.4, -0.2) is 36.6 Å². The lowest BCUT2D eigenvalue weighted by Gasteiger charge is -2.20. The van der Waals surface area contributed by atoms with E-state index in [1.807, 2.05) is 24.3 Å². The lowest BCUT2D eigenvalue weighted by atomic mass is 9.85. The molecule has 26 heavy (non-hydrogen) atoms. The molecule has 0 bridgehead atoms. The van der Waals surface area contributed by atoms with Gasteiger partial charge in [-0.1, -0.05) is 44.5 Å². The van der Waals surface area contributed by atoms with Gasteiger partial charge in [-0.05, 0) is 47.7 Å². The lowest BCUT2D eigenvalue weighted by Crippen LogP contribution is -2.05. The Morgan fingerprint density at radius 2 is 1.12 bits per heavy atom. The number of aliphatic hydroxyl groups excluding tert-OH is 2. The fraction of sp³-hybridized carbons (Fsp3) is 0.455. The third-order valence-corrected chi connectivity index (χ3v) is 4.32. The minimum atomic E-state index is 0.0173. The summed E-state index contributed by atoms with van der Waals surface area (Å²) in [5.41, 5.74) is 2.51. The summed E-state index contributed by atoms with van der Waals surface area (Å²) in [6, 6.07) is 16.3. The molecule has 0 atom stereocenters. The van der Waals surface area contributed by atoms with Gasteiger partial charge < -0.3 is 19.7 Å². The number of hydrogen-bond acceptors (Lipinski definition) is 4. The molecule has 0 spiro atoms. The van der Waals surface area contributed by atoms with Gasteiger partial charge in [-0.3, -0.25) is 0 Å². The van der Waals surface area contributed by atoms with Gasteiger partial charge in [0.05, 0.1) is 13.2 Å². The molecule has 142 valence electrons. The van der Waals surface area contributed by atoms with Crippen molar-refractivity contribution < 1.29 is 19.7 Å². The number of rotatable bonds is 11. The van der Waals surface area contributed by atoms with Crippen LogP contribution in [-0.2, 0) is 0 Å². The van der Waals surface area contributed by atoms with Gasteiger partial charge >= 0.3 is 0 Å². The van der Waals surface area contributed by atoms with Crippen LogP contribution in [0.25, 0.3) is 0 Å². The van der Waals surface area contributed by atoms with Crippen molar-refractivity contribution in [2.24, 2.45) is 5.92 Å². The quantitative estimate of drug-likeness (QED) is 0.637. The molecule has 0 aliphatic carbocycles. The number of benzene rings is 2. The highest BCUT2D eigenvalue weighted by Crippen LogP contribution is 2.32. The highest BCUT2D eigenvalue weighted by Gasteiger charge is 2.15. The molecule has 2 rings (SSSR count). The summed E-state index contributed by atoms with van der Waals surface area (Å²) in [5, 5.41) is 17.7. The lowest BCUT2D eigenvalue weighted by molar-refractivity contribution is 0.201. The standard InChI is InChI=1S/C22H30O4/c1-17(2)3-12-22(18-4-8-20(9-5-18)25-15-13-23)19-6-10-21(11-7-19)26-16-14-24/h4-11,17,22-24H,3,12-16H2,1-2H3.